The smallest absolute Gasteiger partial charge is 0.414 e. The molecule has 13 nitrogen and oxygen atoms in total. The zero-order valence-electron chi connectivity index (χ0n) is 29.9. The molecule has 0 fully saturated rings. The van der Waals surface area contributed by atoms with Crippen molar-refractivity contribution in [2.45, 2.75) is 103 Å². The summed E-state index contributed by atoms with van der Waals surface area (Å²) in [6, 6.07) is 13.6. The van der Waals surface area contributed by atoms with Crippen LogP contribution in [0, 0.1) is 0 Å². The number of carbonyl (C=O) groups excluding carboxylic acids is 4. The van der Waals surface area contributed by atoms with Crippen molar-refractivity contribution in [2.24, 2.45) is 4.99 Å². The third kappa shape index (κ3) is 15.6. The van der Waals surface area contributed by atoms with Gasteiger partial charge in [-0.05, 0) is 97.0 Å². The van der Waals surface area contributed by atoms with E-state index < -0.39 is 29.4 Å². The molecule has 2 aromatic carbocycles. The lowest BCUT2D eigenvalue weighted by atomic mass is 9.97. The Morgan fingerprint density at radius 3 is 2.02 bits per heavy atom. The number of amides is 4. The summed E-state index contributed by atoms with van der Waals surface area (Å²) < 4.78 is 10.6. The zero-order chi connectivity index (χ0) is 35.9. The summed E-state index contributed by atoms with van der Waals surface area (Å²) in [6.07, 6.45) is 1.39. The van der Waals surface area contributed by atoms with E-state index in [4.69, 9.17) is 14.3 Å². The minimum Gasteiger partial charge on any atom is -0.444 e. The normalized spacial score (nSPS) is 12.8. The molecule has 48 heavy (non-hydrogen) atoms. The fraction of sp³-hybridized carbons (Fsp3) is 0.571. The van der Waals surface area contributed by atoms with Gasteiger partial charge in [0.2, 0.25) is 17.8 Å². The maximum absolute atomic E-state index is 13.5. The summed E-state index contributed by atoms with van der Waals surface area (Å²) in [7, 11) is 4.73. The van der Waals surface area contributed by atoms with Crippen molar-refractivity contribution < 1.29 is 33.5 Å². The van der Waals surface area contributed by atoms with Gasteiger partial charge in [0.1, 0.15) is 11.2 Å². The number of fused-ring (bicyclic) bond motifs is 1. The molecule has 0 aliphatic carbocycles. The Balaban J connectivity index is 2.09. The minimum absolute atomic E-state index is 0.118. The lowest BCUT2D eigenvalue weighted by Crippen LogP contribution is -2.48. The summed E-state index contributed by atoms with van der Waals surface area (Å²) in [5.41, 5.74) is -0.426. The number of aliphatic imine (C=N–C) groups is 1. The average Bonchev–Trinajstić information content (AvgIpc) is 2.98. The fourth-order valence-electron chi connectivity index (χ4n) is 4.74. The molecular weight excluding hydrogens is 616 g/mol. The maximum Gasteiger partial charge on any atom is 0.414 e. The monoisotopic (exact) mass is 670 g/mol. The Kier molecular flexibility index (Phi) is 15.8. The van der Waals surface area contributed by atoms with Crippen molar-refractivity contribution in [1.82, 2.24) is 26.3 Å². The van der Waals surface area contributed by atoms with E-state index in [2.05, 4.69) is 56.6 Å². The number of likely N-dealkylation sites (N-methyl/N-ethyl adjacent to an activating group) is 1. The summed E-state index contributed by atoms with van der Waals surface area (Å²) in [5.74, 6) is -0.428. The lowest BCUT2D eigenvalue weighted by Gasteiger charge is -2.23. The van der Waals surface area contributed by atoms with Gasteiger partial charge < -0.3 is 20.1 Å². The molecule has 0 heterocycles. The number of carbonyl (C=O) groups is 4. The summed E-state index contributed by atoms with van der Waals surface area (Å²) >= 11 is 0. The average molecular weight is 671 g/mol. The second-order valence-corrected chi connectivity index (χ2v) is 13.5. The topological polar surface area (TPSA) is 160 Å². The molecule has 2 unspecified atom stereocenters. The van der Waals surface area contributed by atoms with E-state index in [9.17, 15) is 19.2 Å². The Labute approximate surface area is 284 Å². The molecule has 0 saturated carbocycles. The Hall–Kier alpha value is -4.23. The SMILES string of the molecule is CNC(CCCN=C(NC(=O)OC(C)(C)C)NC(=O)OC(C)(C)C)C(=O)NC(CCCC(=O)N(C)OC)Cc1ccc2ccccc2c1. The number of guanidine groups is 1. The number of benzene rings is 2. The maximum atomic E-state index is 13.5. The summed E-state index contributed by atoms with van der Waals surface area (Å²) in [5, 5.41) is 14.6. The van der Waals surface area contributed by atoms with Crippen LogP contribution in [0.1, 0.15) is 79.2 Å². The second kappa shape index (κ2) is 18.9. The molecule has 0 saturated heterocycles. The molecule has 2 aromatic rings. The highest BCUT2D eigenvalue weighted by atomic mass is 16.7. The first-order chi connectivity index (χ1) is 22.5. The van der Waals surface area contributed by atoms with E-state index in [-0.39, 0.29) is 30.4 Å². The summed E-state index contributed by atoms with van der Waals surface area (Å²) in [4.78, 5) is 59.9. The first-order valence-electron chi connectivity index (χ1n) is 16.3. The van der Waals surface area contributed by atoms with Gasteiger partial charge in [0.25, 0.3) is 0 Å². The highest BCUT2D eigenvalue weighted by molar-refractivity contribution is 6.01. The van der Waals surface area contributed by atoms with Crippen LogP contribution in [0.4, 0.5) is 9.59 Å². The van der Waals surface area contributed by atoms with Crippen LogP contribution in [0.5, 0.6) is 0 Å². The number of hydrogen-bond acceptors (Lipinski definition) is 9. The molecule has 0 bridgehead atoms. The molecule has 4 N–H and O–H groups in total. The molecule has 0 aliphatic heterocycles. The molecule has 0 aromatic heterocycles. The van der Waals surface area contributed by atoms with Gasteiger partial charge in [-0.25, -0.2) is 14.7 Å². The van der Waals surface area contributed by atoms with E-state index in [0.29, 0.717) is 38.5 Å². The molecule has 2 atom stereocenters. The van der Waals surface area contributed by atoms with Crippen molar-refractivity contribution >= 4 is 40.7 Å². The fourth-order valence-corrected chi connectivity index (χ4v) is 4.74. The molecule has 266 valence electrons. The van der Waals surface area contributed by atoms with Crippen LogP contribution in [0.2, 0.25) is 0 Å². The highest BCUT2D eigenvalue weighted by Gasteiger charge is 2.23. The van der Waals surface area contributed by atoms with E-state index in [0.717, 1.165) is 16.3 Å². The van der Waals surface area contributed by atoms with Crippen LogP contribution >= 0.6 is 0 Å². The Morgan fingerprint density at radius 1 is 0.854 bits per heavy atom. The van der Waals surface area contributed by atoms with Gasteiger partial charge in [-0.15, -0.1) is 0 Å². The quantitative estimate of drug-likeness (QED) is 0.0963. The minimum atomic E-state index is -0.780. The van der Waals surface area contributed by atoms with Gasteiger partial charge in [0, 0.05) is 26.1 Å². The molecule has 4 amide bonds. The standard InChI is InChI=1S/C35H54N6O7/c1-34(2,3)47-32(44)39-31(40-33(45)48-35(4,5)6)37-21-13-17-28(36-7)30(43)38-27(16-12-18-29(42)41(8)46-9)23-24-19-20-25-14-10-11-15-26(25)22-24/h10-11,14-15,19-20,22,27-28,36H,12-13,16-18,21,23H2,1-9H3,(H,38,43)(H2,37,39,40,44,45). The predicted octanol–water partition coefficient (Wildman–Crippen LogP) is 4.83. The van der Waals surface area contributed by atoms with Crippen LogP contribution < -0.4 is 21.3 Å². The van der Waals surface area contributed by atoms with E-state index >= 15 is 0 Å². The highest BCUT2D eigenvalue weighted by Crippen LogP contribution is 2.18. The molecule has 13 heteroatoms. The molecule has 2 rings (SSSR count). The molecule has 0 radical (unpaired) electrons. The van der Waals surface area contributed by atoms with E-state index in [1.165, 1.54) is 12.2 Å². The Morgan fingerprint density at radius 2 is 1.46 bits per heavy atom. The van der Waals surface area contributed by atoms with Crippen molar-refractivity contribution in [3.63, 3.8) is 0 Å². The van der Waals surface area contributed by atoms with E-state index in [1.807, 2.05) is 12.1 Å². The Bertz CT molecular complexity index is 1370. The van der Waals surface area contributed by atoms with Gasteiger partial charge in [-0.2, -0.15) is 0 Å². The van der Waals surface area contributed by atoms with Crippen molar-refractivity contribution in [3.8, 4) is 0 Å². The number of alkyl carbamates (subject to hydrolysis) is 2. The van der Waals surface area contributed by atoms with Gasteiger partial charge in [-0.1, -0.05) is 42.5 Å². The number of rotatable bonds is 14. The summed E-state index contributed by atoms with van der Waals surface area (Å²) in [6.45, 7) is 10.5. The van der Waals surface area contributed by atoms with Crippen LogP contribution in [0.3, 0.4) is 0 Å². The van der Waals surface area contributed by atoms with Gasteiger partial charge in [0.05, 0.1) is 13.2 Å². The number of nitrogens with zero attached hydrogens (tertiary/aromatic N) is 2. The van der Waals surface area contributed by atoms with Crippen molar-refractivity contribution in [2.75, 3.05) is 27.7 Å². The van der Waals surface area contributed by atoms with Crippen LogP contribution in [-0.2, 0) is 30.3 Å². The molecule has 0 aliphatic rings. The first-order valence-corrected chi connectivity index (χ1v) is 16.3. The number of ether oxygens (including phenoxy) is 2. The van der Waals surface area contributed by atoms with Crippen molar-refractivity contribution in [1.29, 1.82) is 0 Å². The predicted molar refractivity (Wildman–Crippen MR) is 186 cm³/mol. The van der Waals surface area contributed by atoms with Gasteiger partial charge in [0.15, 0.2) is 0 Å². The lowest BCUT2D eigenvalue weighted by molar-refractivity contribution is -0.168. The number of hydroxylamine groups is 2. The van der Waals surface area contributed by atoms with Crippen LogP contribution in [-0.4, -0.2) is 86.1 Å². The number of hydrogen-bond donors (Lipinski definition) is 4. The van der Waals surface area contributed by atoms with Gasteiger partial charge in [-0.3, -0.25) is 30.1 Å². The van der Waals surface area contributed by atoms with E-state index in [1.54, 1.807) is 55.6 Å². The van der Waals surface area contributed by atoms with Crippen LogP contribution in [0.15, 0.2) is 47.5 Å². The molecular formula is C35H54N6O7. The number of nitrogens with one attached hydrogen (secondary N) is 4. The first kappa shape index (κ1) is 39.9. The largest absolute Gasteiger partial charge is 0.444 e. The molecule has 0 spiro atoms. The third-order valence-corrected chi connectivity index (χ3v) is 7.04. The van der Waals surface area contributed by atoms with Crippen molar-refractivity contribution in [3.05, 3.63) is 48.0 Å². The second-order valence-electron chi connectivity index (χ2n) is 13.5. The zero-order valence-corrected chi connectivity index (χ0v) is 29.9. The third-order valence-electron chi connectivity index (χ3n) is 7.04. The van der Waals surface area contributed by atoms with Gasteiger partial charge >= 0.3 is 12.2 Å². The van der Waals surface area contributed by atoms with Crippen LogP contribution in [0.25, 0.3) is 10.8 Å².